The maximum Gasteiger partial charge on any atom is 0.333 e. The van der Waals surface area contributed by atoms with E-state index in [0.717, 1.165) is 25.7 Å². The minimum atomic E-state index is -1.01. The fourth-order valence-electron chi connectivity index (χ4n) is 4.43. The summed E-state index contributed by atoms with van der Waals surface area (Å²) < 4.78 is 13.0. The summed E-state index contributed by atoms with van der Waals surface area (Å²) in [5.41, 5.74) is 3.30. The van der Waals surface area contributed by atoms with Gasteiger partial charge in [-0.1, -0.05) is 78.0 Å². The molecule has 0 aliphatic carbocycles. The minimum absolute atomic E-state index is 0.0695. The monoisotopic (exact) mass is 619 g/mol. The van der Waals surface area contributed by atoms with E-state index in [4.69, 9.17) is 14.5 Å². The average Bonchev–Trinajstić information content (AvgIpc) is 3.43. The van der Waals surface area contributed by atoms with Gasteiger partial charge >= 0.3 is 5.97 Å². The van der Waals surface area contributed by atoms with Crippen LogP contribution < -0.4 is 10.1 Å². The van der Waals surface area contributed by atoms with Gasteiger partial charge in [-0.05, 0) is 59.5 Å². The molecule has 1 aliphatic heterocycles. The number of carbonyl (C=O) groups excluding carboxylic acids is 3. The topological polar surface area (TPSA) is 97.8 Å². The van der Waals surface area contributed by atoms with Gasteiger partial charge in [0.05, 0.1) is 10.2 Å². The highest BCUT2D eigenvalue weighted by Gasteiger charge is 2.54. The van der Waals surface area contributed by atoms with Gasteiger partial charge in [0.2, 0.25) is 5.91 Å². The number of likely N-dealkylation sites (tertiary alicyclic amines) is 1. The number of nitrogens with one attached hydrogen (secondary N) is 1. The largest absolute Gasteiger partial charge is 0.484 e. The Hall–Kier alpha value is -3.80. The molecule has 216 valence electrons. The second kappa shape index (κ2) is 13.5. The standard InChI is InChI=1S/C31H29N3O5S3/c1-19(2)27(30(37)39-17-21-12-6-4-7-13-21)34-28(36)26(32-24(35)18-38-22-14-8-5-9-15-22)29(34)41-42-31-33-25-20(3)11-10-16-23(25)40-31/h4-16,26-27,29H,1,17-18H2,2-3H3,(H,32,35)/t26-,27?,29-/m1/s1. The fraction of sp³-hybridized carbons (Fsp3) is 0.226. The molecule has 1 unspecified atom stereocenters. The number of ether oxygens (including phenoxy) is 2. The molecule has 5 rings (SSSR count). The van der Waals surface area contributed by atoms with Gasteiger partial charge in [0.25, 0.3) is 5.91 Å². The minimum Gasteiger partial charge on any atom is -0.484 e. The van der Waals surface area contributed by atoms with Crippen molar-refractivity contribution >= 4 is 60.9 Å². The van der Waals surface area contributed by atoms with Crippen LogP contribution in [-0.4, -0.2) is 51.7 Å². The molecule has 1 aliphatic rings. The molecule has 2 heterocycles. The molecule has 4 aromatic rings. The van der Waals surface area contributed by atoms with Crippen molar-refractivity contribution in [3.05, 3.63) is 102 Å². The van der Waals surface area contributed by atoms with Crippen LogP contribution in [0.25, 0.3) is 10.2 Å². The predicted octanol–water partition coefficient (Wildman–Crippen LogP) is 5.77. The number of esters is 1. The van der Waals surface area contributed by atoms with Crippen LogP contribution in [0.15, 0.2) is 95.4 Å². The third-order valence-electron chi connectivity index (χ3n) is 6.52. The molecule has 0 saturated carbocycles. The number of carbonyl (C=O) groups is 3. The number of aromatic nitrogens is 1. The number of aryl methyl sites for hydroxylation is 1. The van der Waals surface area contributed by atoms with E-state index in [2.05, 4.69) is 11.9 Å². The van der Waals surface area contributed by atoms with Gasteiger partial charge in [-0.3, -0.25) is 9.59 Å². The number of nitrogens with zero attached hydrogens (tertiary/aromatic N) is 2. The Balaban J connectivity index is 1.32. The summed E-state index contributed by atoms with van der Waals surface area (Å²) >= 11 is 1.55. The van der Waals surface area contributed by atoms with Gasteiger partial charge in [-0.15, -0.1) is 11.3 Å². The summed E-state index contributed by atoms with van der Waals surface area (Å²) in [4.78, 5) is 45.8. The summed E-state index contributed by atoms with van der Waals surface area (Å²) in [6.45, 7) is 7.50. The molecule has 11 heteroatoms. The number of rotatable bonds is 12. The third-order valence-corrected chi connectivity index (χ3v) is 10.5. The smallest absolute Gasteiger partial charge is 0.333 e. The summed E-state index contributed by atoms with van der Waals surface area (Å²) in [6.07, 6.45) is 0. The molecule has 42 heavy (non-hydrogen) atoms. The summed E-state index contributed by atoms with van der Waals surface area (Å²) in [5, 5.41) is 2.21. The van der Waals surface area contributed by atoms with Crippen LogP contribution in [0.1, 0.15) is 18.1 Å². The first-order valence-electron chi connectivity index (χ1n) is 13.2. The van der Waals surface area contributed by atoms with E-state index < -0.39 is 35.2 Å². The van der Waals surface area contributed by atoms with E-state index in [9.17, 15) is 14.4 Å². The molecular formula is C31H29N3O5S3. The first-order valence-corrected chi connectivity index (χ1v) is 16.2. The molecule has 8 nitrogen and oxygen atoms in total. The lowest BCUT2D eigenvalue weighted by Crippen LogP contribution is -2.73. The number of amides is 2. The van der Waals surface area contributed by atoms with Crippen molar-refractivity contribution in [3.8, 4) is 5.75 Å². The Morgan fingerprint density at radius 3 is 2.48 bits per heavy atom. The SMILES string of the molecule is C=C(C)C(C(=O)OCc1ccccc1)N1C(=O)[C@@H](NC(=O)COc2ccccc2)[C@H]1SSc1nc2c(C)cccc2s1. The molecule has 0 radical (unpaired) electrons. The average molecular weight is 620 g/mol. The molecule has 1 saturated heterocycles. The molecule has 3 aromatic carbocycles. The number of hydrogen-bond donors (Lipinski definition) is 1. The second-order valence-corrected chi connectivity index (χ2v) is 13.3. The maximum absolute atomic E-state index is 13.5. The number of fused-ring (bicyclic) bond motifs is 1. The lowest BCUT2D eigenvalue weighted by Gasteiger charge is -2.49. The van der Waals surface area contributed by atoms with E-state index in [1.165, 1.54) is 26.5 Å². The highest BCUT2D eigenvalue weighted by Crippen LogP contribution is 2.45. The highest BCUT2D eigenvalue weighted by atomic mass is 33.1. The highest BCUT2D eigenvalue weighted by molar-refractivity contribution is 8.77. The lowest BCUT2D eigenvalue weighted by atomic mass is 9.99. The summed E-state index contributed by atoms with van der Waals surface area (Å²) in [5.74, 6) is -0.874. The van der Waals surface area contributed by atoms with E-state index >= 15 is 0 Å². The zero-order valence-electron chi connectivity index (χ0n) is 23.0. The van der Waals surface area contributed by atoms with Crippen molar-refractivity contribution in [2.75, 3.05) is 6.61 Å². The second-order valence-electron chi connectivity index (χ2n) is 9.71. The van der Waals surface area contributed by atoms with Crippen LogP contribution >= 0.6 is 32.9 Å². The quantitative estimate of drug-likeness (QED) is 0.0925. The lowest BCUT2D eigenvalue weighted by molar-refractivity contribution is -0.163. The molecule has 0 spiro atoms. The molecule has 2 amide bonds. The Labute approximate surface area is 255 Å². The van der Waals surface area contributed by atoms with E-state index in [-0.39, 0.29) is 13.2 Å². The molecule has 1 fully saturated rings. The Kier molecular flexibility index (Phi) is 9.51. The van der Waals surface area contributed by atoms with Crippen LogP contribution in [0.2, 0.25) is 0 Å². The number of β-lactam (4-membered cyclic amide) rings is 1. The van der Waals surface area contributed by atoms with Crippen molar-refractivity contribution < 1.29 is 23.9 Å². The van der Waals surface area contributed by atoms with Crippen molar-refractivity contribution in [2.24, 2.45) is 0 Å². The Bertz CT molecular complexity index is 1600. The normalized spacial score (nSPS) is 16.9. The molecule has 0 bridgehead atoms. The van der Waals surface area contributed by atoms with Gasteiger partial charge in [-0.2, -0.15) is 0 Å². The first-order chi connectivity index (χ1) is 20.3. The Morgan fingerprint density at radius 1 is 1.07 bits per heavy atom. The number of hydrogen-bond acceptors (Lipinski definition) is 9. The van der Waals surface area contributed by atoms with Crippen LogP contribution in [0, 0.1) is 6.92 Å². The number of para-hydroxylation sites is 2. The van der Waals surface area contributed by atoms with Crippen molar-refractivity contribution in [2.45, 2.75) is 42.3 Å². The molecule has 1 N–H and O–H groups in total. The summed E-state index contributed by atoms with van der Waals surface area (Å²) in [6, 6.07) is 22.4. The van der Waals surface area contributed by atoms with Crippen molar-refractivity contribution in [3.63, 3.8) is 0 Å². The molecule has 3 atom stereocenters. The summed E-state index contributed by atoms with van der Waals surface area (Å²) in [7, 11) is 2.76. The van der Waals surface area contributed by atoms with Crippen molar-refractivity contribution in [1.29, 1.82) is 0 Å². The zero-order valence-corrected chi connectivity index (χ0v) is 25.5. The number of thiazole rings is 1. The zero-order chi connectivity index (χ0) is 29.6. The van der Waals surface area contributed by atoms with Crippen LogP contribution in [-0.2, 0) is 25.7 Å². The third kappa shape index (κ3) is 6.80. The fourth-order valence-corrected chi connectivity index (χ4v) is 8.46. The first kappa shape index (κ1) is 29.7. The Morgan fingerprint density at radius 2 is 1.79 bits per heavy atom. The van der Waals surface area contributed by atoms with Gasteiger partial charge < -0.3 is 19.7 Å². The number of benzene rings is 3. The van der Waals surface area contributed by atoms with Crippen LogP contribution in [0.4, 0.5) is 0 Å². The van der Waals surface area contributed by atoms with Gasteiger partial charge in [0.1, 0.15) is 23.8 Å². The molecule has 1 aromatic heterocycles. The predicted molar refractivity (Wildman–Crippen MR) is 167 cm³/mol. The van der Waals surface area contributed by atoms with Gasteiger partial charge in [-0.25, -0.2) is 9.78 Å². The maximum atomic E-state index is 13.5. The van der Waals surface area contributed by atoms with E-state index in [1.807, 2.05) is 73.7 Å². The van der Waals surface area contributed by atoms with Gasteiger partial charge in [0.15, 0.2) is 17.0 Å². The van der Waals surface area contributed by atoms with Crippen molar-refractivity contribution in [1.82, 2.24) is 15.2 Å². The molecular weight excluding hydrogens is 591 g/mol. The van der Waals surface area contributed by atoms with Crippen LogP contribution in [0.3, 0.4) is 0 Å². The van der Waals surface area contributed by atoms with Crippen LogP contribution in [0.5, 0.6) is 5.75 Å². The van der Waals surface area contributed by atoms with E-state index in [0.29, 0.717) is 11.3 Å². The van der Waals surface area contributed by atoms with E-state index in [1.54, 1.807) is 30.4 Å². The van der Waals surface area contributed by atoms with Gasteiger partial charge in [0, 0.05) is 0 Å².